The molecule has 5 nitrogen and oxygen atoms in total. The molecule has 0 radical (unpaired) electrons. The summed E-state index contributed by atoms with van der Waals surface area (Å²) in [6.45, 7) is 13.0. The van der Waals surface area contributed by atoms with Crippen LogP contribution in [0.25, 0.3) is 0 Å². The lowest BCUT2D eigenvalue weighted by molar-refractivity contribution is -0.0477. The Bertz CT molecular complexity index is 838. The van der Waals surface area contributed by atoms with Gasteiger partial charge in [-0.05, 0) is 105 Å². The fraction of sp³-hybridized carbons (Fsp3) is 0.857. The molecule has 5 aliphatic rings. The van der Waals surface area contributed by atoms with Gasteiger partial charge in [-0.3, -0.25) is 4.90 Å². The Morgan fingerprint density at radius 3 is 2.65 bits per heavy atom. The van der Waals surface area contributed by atoms with Crippen LogP contribution in [0.3, 0.4) is 0 Å². The molecule has 0 spiro atoms. The first-order valence-electron chi connectivity index (χ1n) is 13.7. The van der Waals surface area contributed by atoms with Crippen molar-refractivity contribution < 1.29 is 14.1 Å². The van der Waals surface area contributed by atoms with Crippen LogP contribution in [0, 0.1) is 34.5 Å². The van der Waals surface area contributed by atoms with Crippen LogP contribution in [0.2, 0.25) is 0 Å². The van der Waals surface area contributed by atoms with E-state index in [0.717, 1.165) is 56.4 Å². The highest BCUT2D eigenvalue weighted by atomic mass is 19.1. The summed E-state index contributed by atoms with van der Waals surface area (Å²) >= 11 is 0. The van der Waals surface area contributed by atoms with Crippen molar-refractivity contribution in [1.29, 1.82) is 0 Å². The molecular weight excluding hydrogens is 429 g/mol. The van der Waals surface area contributed by atoms with E-state index in [-0.39, 0.29) is 10.8 Å². The fourth-order valence-electron chi connectivity index (χ4n) is 8.54. The smallest absolute Gasteiger partial charge is 0.129 e. The van der Waals surface area contributed by atoms with E-state index in [1.54, 1.807) is 7.11 Å². The van der Waals surface area contributed by atoms with Gasteiger partial charge in [-0.2, -0.15) is 0 Å². The quantitative estimate of drug-likeness (QED) is 0.279. The van der Waals surface area contributed by atoms with Gasteiger partial charge < -0.3 is 9.68 Å². The van der Waals surface area contributed by atoms with Crippen LogP contribution in [-0.4, -0.2) is 55.8 Å². The van der Waals surface area contributed by atoms with Crippen LogP contribution >= 0.6 is 0 Å². The number of nitrogens with zero attached hydrogens (tertiary/aromatic N) is 3. The third-order valence-electron chi connectivity index (χ3n) is 10.6. The van der Waals surface area contributed by atoms with Gasteiger partial charge >= 0.3 is 0 Å². The number of halogens is 1. The average Bonchev–Trinajstić information content (AvgIpc) is 3.07. The lowest BCUT2D eigenvalue weighted by Crippen LogP contribution is -2.56. The van der Waals surface area contributed by atoms with Crippen molar-refractivity contribution in [3.05, 3.63) is 12.2 Å². The van der Waals surface area contributed by atoms with Crippen molar-refractivity contribution in [2.75, 3.05) is 33.4 Å². The maximum atomic E-state index is 14.8. The van der Waals surface area contributed by atoms with Gasteiger partial charge in [0.25, 0.3) is 0 Å². The third kappa shape index (κ3) is 4.12. The summed E-state index contributed by atoms with van der Waals surface area (Å²) in [5, 5.41) is 9.17. The lowest BCUT2D eigenvalue weighted by atomic mass is 9.44. The third-order valence-corrected chi connectivity index (χ3v) is 10.6. The van der Waals surface area contributed by atoms with E-state index in [9.17, 15) is 4.39 Å². The maximum Gasteiger partial charge on any atom is 0.129 e. The summed E-state index contributed by atoms with van der Waals surface area (Å²) in [4.78, 5) is 13.7. The van der Waals surface area contributed by atoms with Gasteiger partial charge in [0, 0.05) is 12.5 Å². The van der Waals surface area contributed by atoms with E-state index in [1.165, 1.54) is 38.1 Å². The fourth-order valence-corrected chi connectivity index (χ4v) is 8.54. The van der Waals surface area contributed by atoms with Gasteiger partial charge in [0.15, 0.2) is 0 Å². The van der Waals surface area contributed by atoms with Crippen LogP contribution in [0.15, 0.2) is 22.5 Å². The average molecular weight is 474 g/mol. The first-order chi connectivity index (χ1) is 16.4. The van der Waals surface area contributed by atoms with Crippen molar-refractivity contribution >= 4 is 11.4 Å². The number of oxime groups is 2. The highest BCUT2D eigenvalue weighted by Crippen LogP contribution is 2.66. The zero-order chi connectivity index (χ0) is 23.9. The number of rotatable bonds is 5. The molecule has 1 saturated heterocycles. The zero-order valence-corrected chi connectivity index (χ0v) is 21.5. The van der Waals surface area contributed by atoms with Gasteiger partial charge in [0.2, 0.25) is 0 Å². The minimum absolute atomic E-state index is 0.0640. The molecule has 0 aromatic rings. The standard InChI is InChI=1S/C28H44FN3O2/c1-19-25(29)18-23-21-17-26(31-33-4)24-16-20(30-34-15-14-32-12-6-5-7-13-32)8-10-28(24,3)22(21)9-11-27(19,23)2/h21-25H,1,5-18H2,2-4H3/b30-20+,31-26+/t21?,22?,23?,24?,25?,27-,28-/m1/s1. The predicted molar refractivity (Wildman–Crippen MR) is 135 cm³/mol. The largest absolute Gasteiger partial charge is 0.399 e. The molecule has 0 aromatic carbocycles. The SMILES string of the molecule is C=C1C(F)CC2C3C/C(=N\OC)C4C/C(=N/OCCN5CCCCC5)CC[C@]4(C)C3CC[C@]12C. The van der Waals surface area contributed by atoms with E-state index < -0.39 is 6.17 Å². The van der Waals surface area contributed by atoms with Crippen molar-refractivity contribution in [3.8, 4) is 0 Å². The number of allylic oxidation sites excluding steroid dienone is 1. The molecule has 0 amide bonds. The van der Waals surface area contributed by atoms with Gasteiger partial charge in [0.05, 0.1) is 11.4 Å². The molecule has 1 heterocycles. The Morgan fingerprint density at radius 2 is 1.88 bits per heavy atom. The molecule has 0 N–H and O–H groups in total. The number of hydrogen-bond donors (Lipinski definition) is 0. The second-order valence-corrected chi connectivity index (χ2v) is 12.2. The highest BCUT2D eigenvalue weighted by Gasteiger charge is 2.62. The monoisotopic (exact) mass is 473 g/mol. The topological polar surface area (TPSA) is 46.4 Å². The number of hydrogen-bond acceptors (Lipinski definition) is 5. The molecule has 5 fully saturated rings. The Labute approximate surface area is 205 Å². The second kappa shape index (κ2) is 9.55. The van der Waals surface area contributed by atoms with E-state index in [0.29, 0.717) is 36.7 Å². The first kappa shape index (κ1) is 24.3. The van der Waals surface area contributed by atoms with Crippen LogP contribution in [0.4, 0.5) is 4.39 Å². The Balaban J connectivity index is 1.29. The zero-order valence-electron chi connectivity index (χ0n) is 21.5. The van der Waals surface area contributed by atoms with Crippen LogP contribution < -0.4 is 0 Å². The second-order valence-electron chi connectivity index (χ2n) is 12.2. The Morgan fingerprint density at radius 1 is 1.09 bits per heavy atom. The summed E-state index contributed by atoms with van der Waals surface area (Å²) in [6.07, 6.45) is 9.89. The van der Waals surface area contributed by atoms with E-state index in [2.05, 4.69) is 35.6 Å². The number of likely N-dealkylation sites (tertiary alicyclic amines) is 1. The van der Waals surface area contributed by atoms with E-state index >= 15 is 0 Å². The number of alkyl halides is 1. The van der Waals surface area contributed by atoms with E-state index in [4.69, 9.17) is 9.68 Å². The molecule has 6 heteroatoms. The Kier molecular flexibility index (Phi) is 6.82. The van der Waals surface area contributed by atoms with Crippen molar-refractivity contribution in [2.45, 2.75) is 84.2 Å². The molecule has 4 aliphatic carbocycles. The Hall–Kier alpha value is -1.43. The molecule has 7 atom stereocenters. The van der Waals surface area contributed by atoms with Crippen LogP contribution in [0.1, 0.15) is 78.1 Å². The molecule has 5 unspecified atom stereocenters. The number of fused-ring (bicyclic) bond motifs is 5. The normalized spacial score (nSPS) is 45.1. The molecule has 1 aliphatic heterocycles. The molecule has 0 bridgehead atoms. The van der Waals surface area contributed by atoms with Crippen LogP contribution in [-0.2, 0) is 9.68 Å². The van der Waals surface area contributed by atoms with Gasteiger partial charge in [-0.15, -0.1) is 0 Å². The van der Waals surface area contributed by atoms with Crippen LogP contribution in [0.5, 0.6) is 0 Å². The summed E-state index contributed by atoms with van der Waals surface area (Å²) in [5.41, 5.74) is 3.26. The minimum atomic E-state index is -0.853. The molecule has 5 rings (SSSR count). The summed E-state index contributed by atoms with van der Waals surface area (Å²) in [7, 11) is 1.65. The van der Waals surface area contributed by atoms with Crippen molar-refractivity contribution in [2.24, 2.45) is 44.8 Å². The predicted octanol–water partition coefficient (Wildman–Crippen LogP) is 6.00. The molecule has 4 saturated carbocycles. The summed E-state index contributed by atoms with van der Waals surface area (Å²) in [6, 6.07) is 0. The van der Waals surface area contributed by atoms with E-state index in [1.807, 2.05) is 0 Å². The van der Waals surface area contributed by atoms with Crippen molar-refractivity contribution in [3.63, 3.8) is 0 Å². The van der Waals surface area contributed by atoms with Gasteiger partial charge in [-0.25, -0.2) is 4.39 Å². The molecule has 0 aromatic heterocycles. The first-order valence-corrected chi connectivity index (χ1v) is 13.7. The van der Waals surface area contributed by atoms with Gasteiger partial charge in [-0.1, -0.05) is 37.2 Å². The van der Waals surface area contributed by atoms with Crippen molar-refractivity contribution in [1.82, 2.24) is 4.90 Å². The minimum Gasteiger partial charge on any atom is -0.399 e. The molecule has 34 heavy (non-hydrogen) atoms. The number of piperidine rings is 1. The highest BCUT2D eigenvalue weighted by molar-refractivity contribution is 5.95. The maximum absolute atomic E-state index is 14.8. The molecular formula is C28H44FN3O2. The summed E-state index contributed by atoms with van der Waals surface area (Å²) in [5.74, 6) is 1.76. The van der Waals surface area contributed by atoms with Gasteiger partial charge in [0.1, 0.15) is 19.9 Å². The summed E-state index contributed by atoms with van der Waals surface area (Å²) < 4.78 is 14.8. The molecule has 190 valence electrons. The lowest BCUT2D eigenvalue weighted by Gasteiger charge is -2.59.